The number of rotatable bonds is 9. The maximum atomic E-state index is 5.76. The van der Waals surface area contributed by atoms with Gasteiger partial charge in [-0.05, 0) is 40.5 Å². The smallest absolute Gasteiger partial charge is 0.0704 e. The summed E-state index contributed by atoms with van der Waals surface area (Å²) in [6.07, 6.45) is 2.83. The lowest BCUT2D eigenvalue weighted by Crippen LogP contribution is -2.41. The quantitative estimate of drug-likeness (QED) is 0.643. The Hall–Kier alpha value is -0.160. The summed E-state index contributed by atoms with van der Waals surface area (Å²) in [5, 5.41) is 3.41. The molecule has 0 aliphatic heterocycles. The summed E-state index contributed by atoms with van der Waals surface area (Å²) in [4.78, 5) is 0. The summed E-state index contributed by atoms with van der Waals surface area (Å²) in [5.74, 6) is 0. The van der Waals surface area contributed by atoms with Gasteiger partial charge in [-0.15, -0.1) is 0 Å². The Balaban J connectivity index is 1.87. The van der Waals surface area contributed by atoms with E-state index in [0.29, 0.717) is 25.4 Å². The van der Waals surface area contributed by atoms with Crippen molar-refractivity contribution in [2.45, 2.75) is 58.3 Å². The highest BCUT2D eigenvalue weighted by Gasteiger charge is 2.30. The molecule has 1 aliphatic rings. The standard InChI is InChI=1S/C14H29NO3/c1-5-16-8-9-18-13-10-12(11-13)17-7-6-15-14(2,3)4/h12-13,15H,5-11H2,1-4H3/t12-,13-. The monoisotopic (exact) mass is 259 g/mol. The van der Waals surface area contributed by atoms with E-state index in [9.17, 15) is 0 Å². The predicted octanol–water partition coefficient (Wildman–Crippen LogP) is 1.98. The molecule has 18 heavy (non-hydrogen) atoms. The van der Waals surface area contributed by atoms with Gasteiger partial charge < -0.3 is 19.5 Å². The minimum absolute atomic E-state index is 0.175. The minimum Gasteiger partial charge on any atom is -0.379 e. The van der Waals surface area contributed by atoms with Crippen LogP contribution in [0.15, 0.2) is 0 Å². The van der Waals surface area contributed by atoms with E-state index in [-0.39, 0.29) is 5.54 Å². The fraction of sp³-hybridized carbons (Fsp3) is 1.00. The SMILES string of the molecule is CCOCCO[C@H]1C[C@H](OCCNC(C)(C)C)C1. The first-order chi connectivity index (χ1) is 8.51. The van der Waals surface area contributed by atoms with E-state index in [2.05, 4.69) is 26.1 Å². The summed E-state index contributed by atoms with van der Waals surface area (Å²) in [7, 11) is 0. The summed E-state index contributed by atoms with van der Waals surface area (Å²) >= 11 is 0. The van der Waals surface area contributed by atoms with Gasteiger partial charge in [0.1, 0.15) is 0 Å². The second-order valence-electron chi connectivity index (χ2n) is 5.83. The molecule has 0 unspecified atom stereocenters. The second kappa shape index (κ2) is 8.10. The van der Waals surface area contributed by atoms with Crippen LogP contribution in [0.5, 0.6) is 0 Å². The molecule has 4 heteroatoms. The third kappa shape index (κ3) is 7.31. The minimum atomic E-state index is 0.175. The third-order valence-electron chi connectivity index (χ3n) is 2.95. The molecule has 1 saturated carbocycles. The predicted molar refractivity (Wildman–Crippen MR) is 73.0 cm³/mol. The number of ether oxygens (including phenoxy) is 3. The molecule has 0 aromatic heterocycles. The van der Waals surface area contributed by atoms with E-state index < -0.39 is 0 Å². The Morgan fingerprint density at radius 3 is 2.17 bits per heavy atom. The summed E-state index contributed by atoms with van der Waals surface area (Å²) in [5.41, 5.74) is 0.175. The fourth-order valence-electron chi connectivity index (χ4n) is 1.86. The van der Waals surface area contributed by atoms with Crippen LogP contribution in [0, 0.1) is 0 Å². The lowest BCUT2D eigenvalue weighted by Gasteiger charge is -2.35. The number of hydrogen-bond donors (Lipinski definition) is 1. The number of hydrogen-bond acceptors (Lipinski definition) is 4. The van der Waals surface area contributed by atoms with Crippen molar-refractivity contribution in [2.24, 2.45) is 0 Å². The van der Waals surface area contributed by atoms with E-state index in [1.165, 1.54) is 0 Å². The molecule has 0 radical (unpaired) electrons. The third-order valence-corrected chi connectivity index (χ3v) is 2.95. The van der Waals surface area contributed by atoms with Gasteiger partial charge in [0.25, 0.3) is 0 Å². The lowest BCUT2D eigenvalue weighted by molar-refractivity contribution is -0.108. The number of nitrogens with one attached hydrogen (secondary N) is 1. The highest BCUT2D eigenvalue weighted by molar-refractivity contribution is 4.81. The van der Waals surface area contributed by atoms with Gasteiger partial charge in [0.15, 0.2) is 0 Å². The average Bonchev–Trinajstić information content (AvgIpc) is 2.22. The van der Waals surface area contributed by atoms with Crippen LogP contribution in [0.1, 0.15) is 40.5 Å². The molecule has 1 aliphatic carbocycles. The van der Waals surface area contributed by atoms with Crippen LogP contribution in [0.3, 0.4) is 0 Å². The molecule has 108 valence electrons. The topological polar surface area (TPSA) is 39.7 Å². The molecule has 0 heterocycles. The lowest BCUT2D eigenvalue weighted by atomic mass is 9.92. The highest BCUT2D eigenvalue weighted by Crippen LogP contribution is 2.26. The van der Waals surface area contributed by atoms with Crippen molar-refractivity contribution in [3.8, 4) is 0 Å². The first-order valence-corrected chi connectivity index (χ1v) is 7.07. The zero-order chi connectivity index (χ0) is 13.4. The van der Waals surface area contributed by atoms with Gasteiger partial charge in [0.05, 0.1) is 32.0 Å². The van der Waals surface area contributed by atoms with Crippen LogP contribution in [-0.4, -0.2) is 50.7 Å². The van der Waals surface area contributed by atoms with Crippen molar-refractivity contribution in [2.75, 3.05) is 33.0 Å². The molecule has 0 saturated heterocycles. The van der Waals surface area contributed by atoms with Crippen molar-refractivity contribution < 1.29 is 14.2 Å². The van der Waals surface area contributed by atoms with Crippen molar-refractivity contribution >= 4 is 0 Å². The Bertz CT molecular complexity index is 210. The van der Waals surface area contributed by atoms with Gasteiger partial charge in [-0.3, -0.25) is 0 Å². The van der Waals surface area contributed by atoms with E-state index in [1.807, 2.05) is 6.92 Å². The van der Waals surface area contributed by atoms with Crippen LogP contribution in [-0.2, 0) is 14.2 Å². The Labute approximate surface area is 111 Å². The van der Waals surface area contributed by atoms with Crippen molar-refractivity contribution in [3.05, 3.63) is 0 Å². The molecular formula is C14H29NO3. The molecule has 0 aromatic carbocycles. The van der Waals surface area contributed by atoms with Gasteiger partial charge in [0.2, 0.25) is 0 Å². The first kappa shape index (κ1) is 15.9. The second-order valence-corrected chi connectivity index (χ2v) is 5.83. The molecule has 1 rings (SSSR count). The highest BCUT2D eigenvalue weighted by atomic mass is 16.5. The van der Waals surface area contributed by atoms with Gasteiger partial charge in [0, 0.05) is 18.7 Å². The Morgan fingerprint density at radius 2 is 1.61 bits per heavy atom. The normalized spacial score (nSPS) is 24.0. The first-order valence-electron chi connectivity index (χ1n) is 7.07. The fourth-order valence-corrected chi connectivity index (χ4v) is 1.86. The maximum Gasteiger partial charge on any atom is 0.0704 e. The summed E-state index contributed by atoms with van der Waals surface area (Å²) < 4.78 is 16.6. The molecular weight excluding hydrogens is 230 g/mol. The average molecular weight is 259 g/mol. The zero-order valence-corrected chi connectivity index (χ0v) is 12.3. The van der Waals surface area contributed by atoms with E-state index in [1.54, 1.807) is 0 Å². The van der Waals surface area contributed by atoms with E-state index in [0.717, 1.165) is 32.6 Å². The van der Waals surface area contributed by atoms with Gasteiger partial charge in [-0.2, -0.15) is 0 Å². The van der Waals surface area contributed by atoms with Crippen LogP contribution in [0.25, 0.3) is 0 Å². The van der Waals surface area contributed by atoms with Crippen molar-refractivity contribution in [1.29, 1.82) is 0 Å². The van der Waals surface area contributed by atoms with Gasteiger partial charge in [-0.25, -0.2) is 0 Å². The van der Waals surface area contributed by atoms with E-state index >= 15 is 0 Å². The van der Waals surface area contributed by atoms with Gasteiger partial charge in [-0.1, -0.05) is 0 Å². The molecule has 0 atom stereocenters. The van der Waals surface area contributed by atoms with Crippen molar-refractivity contribution in [1.82, 2.24) is 5.32 Å². The largest absolute Gasteiger partial charge is 0.379 e. The van der Waals surface area contributed by atoms with E-state index in [4.69, 9.17) is 14.2 Å². The molecule has 0 amide bonds. The zero-order valence-electron chi connectivity index (χ0n) is 12.3. The molecule has 0 spiro atoms. The van der Waals surface area contributed by atoms with Crippen LogP contribution < -0.4 is 5.32 Å². The molecule has 4 nitrogen and oxygen atoms in total. The molecule has 1 N–H and O–H groups in total. The molecule has 0 aromatic rings. The maximum absolute atomic E-state index is 5.76. The van der Waals surface area contributed by atoms with Crippen molar-refractivity contribution in [3.63, 3.8) is 0 Å². The van der Waals surface area contributed by atoms with Gasteiger partial charge >= 0.3 is 0 Å². The van der Waals surface area contributed by atoms with Crippen LogP contribution in [0.2, 0.25) is 0 Å². The summed E-state index contributed by atoms with van der Waals surface area (Å²) in [6.45, 7) is 12.4. The Kier molecular flexibility index (Phi) is 7.15. The molecule has 1 fully saturated rings. The van der Waals surface area contributed by atoms with Crippen LogP contribution >= 0.6 is 0 Å². The summed E-state index contributed by atoms with van der Waals surface area (Å²) in [6, 6.07) is 0. The molecule has 0 bridgehead atoms. The van der Waals surface area contributed by atoms with Crippen LogP contribution in [0.4, 0.5) is 0 Å². The Morgan fingerprint density at radius 1 is 1.00 bits per heavy atom.